The lowest BCUT2D eigenvalue weighted by atomic mass is 9.90. The van der Waals surface area contributed by atoms with Crippen LogP contribution < -0.4 is 0 Å². The molecule has 5 nitrogen and oxygen atoms in total. The van der Waals surface area contributed by atoms with Gasteiger partial charge in [-0.1, -0.05) is 36.4 Å². The molecule has 5 heteroatoms. The summed E-state index contributed by atoms with van der Waals surface area (Å²) in [6, 6.07) is 20.6. The number of carboxylic acids is 1. The molecule has 1 N–H and O–H groups in total. The third-order valence-electron chi connectivity index (χ3n) is 6.15. The monoisotopic (exact) mass is 397 g/mol. The van der Waals surface area contributed by atoms with Crippen LogP contribution in [-0.2, 0) is 4.79 Å². The zero-order valence-electron chi connectivity index (χ0n) is 16.6. The van der Waals surface area contributed by atoms with E-state index in [4.69, 9.17) is 4.98 Å². The molecule has 1 unspecified atom stereocenters. The number of aliphatic carboxylic acids is 1. The number of benzene rings is 2. The Balaban J connectivity index is 1.63. The van der Waals surface area contributed by atoms with E-state index in [9.17, 15) is 9.90 Å². The summed E-state index contributed by atoms with van der Waals surface area (Å²) in [4.78, 5) is 23.1. The number of pyridine rings is 2. The molecule has 0 bridgehead atoms. The molecule has 4 aromatic rings. The summed E-state index contributed by atoms with van der Waals surface area (Å²) in [5.41, 5.74) is 4.25. The minimum atomic E-state index is -0.687. The number of fused-ring (bicyclic) bond motifs is 2. The van der Waals surface area contributed by atoms with E-state index in [0.29, 0.717) is 12.8 Å². The van der Waals surface area contributed by atoms with E-state index in [-0.39, 0.29) is 12.0 Å². The standard InChI is InChI=1S/C25H23N3O2/c29-25(30)17-10-13-28(14-11-17)24(19-15-18-5-1-3-7-22(18)27-16-19)21-9-12-26-23-8-4-2-6-20(21)23/h1-9,12,15-17,24H,10-11,13-14H2,(H,29,30). The molecule has 1 fully saturated rings. The van der Waals surface area contributed by atoms with Gasteiger partial charge in [0.25, 0.3) is 0 Å². The first kappa shape index (κ1) is 18.7. The molecular weight excluding hydrogens is 374 g/mol. The van der Waals surface area contributed by atoms with Gasteiger partial charge in [0, 0.05) is 23.2 Å². The van der Waals surface area contributed by atoms with E-state index in [1.165, 1.54) is 5.56 Å². The second-order valence-electron chi connectivity index (χ2n) is 7.93. The van der Waals surface area contributed by atoms with Gasteiger partial charge in [-0.15, -0.1) is 0 Å². The van der Waals surface area contributed by atoms with Gasteiger partial charge in [0.05, 0.1) is 23.0 Å². The Kier molecular flexibility index (Phi) is 4.89. The Morgan fingerprint density at radius 2 is 1.70 bits per heavy atom. The molecule has 2 aromatic carbocycles. The number of nitrogens with zero attached hydrogens (tertiary/aromatic N) is 3. The van der Waals surface area contributed by atoms with Crippen molar-refractivity contribution in [2.75, 3.05) is 13.1 Å². The molecule has 0 saturated carbocycles. The number of piperidine rings is 1. The lowest BCUT2D eigenvalue weighted by Crippen LogP contribution is -2.39. The molecule has 1 atom stereocenters. The first-order chi connectivity index (χ1) is 14.7. The topological polar surface area (TPSA) is 66.3 Å². The minimum absolute atomic E-state index is 0.00440. The van der Waals surface area contributed by atoms with Crippen molar-refractivity contribution in [3.63, 3.8) is 0 Å². The fourth-order valence-corrected chi connectivity index (χ4v) is 4.59. The van der Waals surface area contributed by atoms with Gasteiger partial charge in [0.2, 0.25) is 0 Å². The molecule has 0 aliphatic carbocycles. The van der Waals surface area contributed by atoms with Crippen molar-refractivity contribution < 1.29 is 9.90 Å². The van der Waals surface area contributed by atoms with Gasteiger partial charge >= 0.3 is 5.97 Å². The Bertz CT molecular complexity index is 1210. The van der Waals surface area contributed by atoms with Gasteiger partial charge in [-0.2, -0.15) is 0 Å². The number of para-hydroxylation sites is 2. The molecule has 3 heterocycles. The summed E-state index contributed by atoms with van der Waals surface area (Å²) in [6.07, 6.45) is 5.15. The maximum absolute atomic E-state index is 11.5. The molecule has 1 aliphatic heterocycles. The van der Waals surface area contributed by atoms with Crippen LogP contribution in [0.3, 0.4) is 0 Å². The first-order valence-corrected chi connectivity index (χ1v) is 10.4. The van der Waals surface area contributed by atoms with Crippen LogP contribution in [0.1, 0.15) is 30.0 Å². The molecule has 5 rings (SSSR count). The van der Waals surface area contributed by atoms with Gasteiger partial charge < -0.3 is 5.11 Å². The van der Waals surface area contributed by atoms with E-state index in [0.717, 1.165) is 40.5 Å². The van der Waals surface area contributed by atoms with Crippen LogP contribution in [0.4, 0.5) is 0 Å². The van der Waals surface area contributed by atoms with Crippen molar-refractivity contribution in [1.82, 2.24) is 14.9 Å². The predicted octanol–water partition coefficient (Wildman–Crippen LogP) is 4.67. The van der Waals surface area contributed by atoms with Crippen molar-refractivity contribution in [3.8, 4) is 0 Å². The number of hydrogen-bond donors (Lipinski definition) is 1. The molecule has 30 heavy (non-hydrogen) atoms. The van der Waals surface area contributed by atoms with Crippen molar-refractivity contribution in [2.45, 2.75) is 18.9 Å². The summed E-state index contributed by atoms with van der Waals surface area (Å²) in [6.45, 7) is 1.48. The molecule has 0 spiro atoms. The SMILES string of the molecule is O=C(O)C1CCN(C(c2cnc3ccccc3c2)c2ccnc3ccccc23)CC1. The molecule has 2 aromatic heterocycles. The second-order valence-corrected chi connectivity index (χ2v) is 7.93. The minimum Gasteiger partial charge on any atom is -0.481 e. The van der Waals surface area contributed by atoms with Crippen LogP contribution in [0, 0.1) is 5.92 Å². The van der Waals surface area contributed by atoms with Gasteiger partial charge in [0.15, 0.2) is 0 Å². The maximum Gasteiger partial charge on any atom is 0.306 e. The summed E-state index contributed by atoms with van der Waals surface area (Å²) in [7, 11) is 0. The summed E-state index contributed by atoms with van der Waals surface area (Å²) in [5.74, 6) is -0.946. The Labute approximate surface area is 175 Å². The van der Waals surface area contributed by atoms with Gasteiger partial charge in [-0.25, -0.2) is 0 Å². The zero-order valence-corrected chi connectivity index (χ0v) is 16.6. The highest BCUT2D eigenvalue weighted by molar-refractivity contribution is 5.84. The maximum atomic E-state index is 11.5. The Morgan fingerprint density at radius 1 is 0.967 bits per heavy atom. The van der Waals surface area contributed by atoms with Crippen molar-refractivity contribution >= 4 is 27.8 Å². The highest BCUT2D eigenvalue weighted by Crippen LogP contribution is 2.36. The van der Waals surface area contributed by atoms with E-state index in [2.05, 4.69) is 34.1 Å². The molecule has 0 radical (unpaired) electrons. The largest absolute Gasteiger partial charge is 0.481 e. The van der Waals surface area contributed by atoms with Gasteiger partial charge in [-0.3, -0.25) is 19.7 Å². The van der Waals surface area contributed by atoms with E-state index in [1.807, 2.05) is 48.8 Å². The summed E-state index contributed by atoms with van der Waals surface area (Å²) in [5, 5.41) is 11.7. The van der Waals surface area contributed by atoms with Crippen LogP contribution >= 0.6 is 0 Å². The smallest absolute Gasteiger partial charge is 0.306 e. The molecular formula is C25H23N3O2. The fraction of sp³-hybridized carbons (Fsp3) is 0.240. The first-order valence-electron chi connectivity index (χ1n) is 10.4. The van der Waals surface area contributed by atoms with Gasteiger partial charge in [-0.05, 0) is 61.3 Å². The van der Waals surface area contributed by atoms with E-state index >= 15 is 0 Å². The number of rotatable bonds is 4. The van der Waals surface area contributed by atoms with E-state index < -0.39 is 5.97 Å². The lowest BCUT2D eigenvalue weighted by Gasteiger charge is -2.37. The molecule has 0 amide bonds. The van der Waals surface area contributed by atoms with Crippen molar-refractivity contribution in [3.05, 3.63) is 84.2 Å². The predicted molar refractivity (Wildman–Crippen MR) is 117 cm³/mol. The summed E-state index contributed by atoms with van der Waals surface area (Å²) >= 11 is 0. The molecule has 1 saturated heterocycles. The average Bonchev–Trinajstić information content (AvgIpc) is 2.80. The number of likely N-dealkylation sites (tertiary alicyclic amines) is 1. The number of hydrogen-bond acceptors (Lipinski definition) is 4. The van der Waals surface area contributed by atoms with Crippen LogP contribution in [0.2, 0.25) is 0 Å². The lowest BCUT2D eigenvalue weighted by molar-refractivity contribution is -0.143. The van der Waals surface area contributed by atoms with Crippen LogP contribution in [0.15, 0.2) is 73.1 Å². The quantitative estimate of drug-likeness (QED) is 0.542. The number of aromatic nitrogens is 2. The molecule has 150 valence electrons. The zero-order chi connectivity index (χ0) is 20.5. The van der Waals surface area contributed by atoms with E-state index in [1.54, 1.807) is 0 Å². The van der Waals surface area contributed by atoms with Crippen LogP contribution in [-0.4, -0.2) is 39.0 Å². The highest BCUT2D eigenvalue weighted by atomic mass is 16.4. The number of carboxylic acid groups (broad SMARTS) is 1. The third-order valence-corrected chi connectivity index (χ3v) is 6.15. The van der Waals surface area contributed by atoms with Crippen LogP contribution in [0.25, 0.3) is 21.8 Å². The van der Waals surface area contributed by atoms with Gasteiger partial charge in [0.1, 0.15) is 0 Å². The van der Waals surface area contributed by atoms with Crippen molar-refractivity contribution in [2.24, 2.45) is 5.92 Å². The Morgan fingerprint density at radius 3 is 2.50 bits per heavy atom. The Hall–Kier alpha value is -3.31. The molecule has 1 aliphatic rings. The summed E-state index contributed by atoms with van der Waals surface area (Å²) < 4.78 is 0. The third kappa shape index (κ3) is 3.42. The average molecular weight is 397 g/mol. The fourth-order valence-electron chi connectivity index (χ4n) is 4.59. The van der Waals surface area contributed by atoms with Crippen LogP contribution in [0.5, 0.6) is 0 Å². The number of carbonyl (C=O) groups is 1. The normalized spacial score (nSPS) is 16.7. The van der Waals surface area contributed by atoms with Crippen molar-refractivity contribution in [1.29, 1.82) is 0 Å². The highest BCUT2D eigenvalue weighted by Gasteiger charge is 2.31. The second kappa shape index (κ2) is 7.84.